The molecule has 0 heterocycles. The van der Waals surface area contributed by atoms with Gasteiger partial charge in [0.2, 0.25) is 0 Å². The summed E-state index contributed by atoms with van der Waals surface area (Å²) < 4.78 is 0. The molecule has 340 valence electrons. The summed E-state index contributed by atoms with van der Waals surface area (Å²) in [5.74, 6) is 0. The number of hydrogen-bond donors (Lipinski definition) is 1. The van der Waals surface area contributed by atoms with Gasteiger partial charge in [-0.05, 0) is 44.9 Å². The second-order valence-electron chi connectivity index (χ2n) is 19.0. The molecule has 2 heteroatoms. The van der Waals surface area contributed by atoms with Crippen LogP contribution in [0.5, 0.6) is 0 Å². The molecule has 56 heavy (non-hydrogen) atoms. The first-order valence-electron chi connectivity index (χ1n) is 27.1. The molecule has 0 aromatic heterocycles. The van der Waals surface area contributed by atoms with E-state index in [4.69, 9.17) is 0 Å². The van der Waals surface area contributed by atoms with E-state index in [1.165, 1.54) is 308 Å². The highest BCUT2D eigenvalue weighted by Crippen LogP contribution is 2.22. The average Bonchev–Trinajstić information content (AvgIpc) is 3.20. The summed E-state index contributed by atoms with van der Waals surface area (Å²) in [4.78, 5) is 2.01. The Hall–Kier alpha value is 0.250. The molecule has 0 aliphatic rings. The summed E-state index contributed by atoms with van der Waals surface area (Å²) in [5.41, 5.74) is 0.534. The fraction of sp³-hybridized carbons (Fsp3) is 1.00. The predicted octanol–water partition coefficient (Wildman–Crippen LogP) is 15.7. The number of quaternary nitrogens is 1. The Morgan fingerprint density at radius 3 is 0.607 bits per heavy atom. The smallest absolute Gasteiger partial charge is 0.0971 e. The first-order chi connectivity index (χ1) is 27.2. The van der Waals surface area contributed by atoms with E-state index in [-0.39, 0.29) is 12.4 Å². The maximum absolute atomic E-state index is 2.54. The largest absolute Gasteiger partial charge is 1.00 e. The molecule has 1 N–H and O–H groups in total. The zero-order chi connectivity index (χ0) is 40.0. The van der Waals surface area contributed by atoms with Crippen LogP contribution in [0.2, 0.25) is 0 Å². The van der Waals surface area contributed by atoms with Gasteiger partial charge in [-0.3, -0.25) is 0 Å². The van der Waals surface area contributed by atoms with Crippen molar-refractivity contribution in [3.05, 3.63) is 0 Å². The molecule has 0 aromatic rings. The highest BCUT2D eigenvalue weighted by atomic mass is 35.5. The molecule has 0 aromatic carbocycles. The quantitative estimate of drug-likeness (QED) is 0.0584. The summed E-state index contributed by atoms with van der Waals surface area (Å²) in [6, 6.07) is 0. The molecular formula is C54H112ClN. The van der Waals surface area contributed by atoms with Crippen molar-refractivity contribution in [1.29, 1.82) is 0 Å². The molecule has 0 bridgehead atoms. The maximum atomic E-state index is 2.54. The molecule has 0 amide bonds. The Kier molecular flexibility index (Phi) is 51.7. The Balaban J connectivity index is 0. The standard InChI is InChI=1S/C54H111N.ClH/c1-6-11-14-17-20-22-24-26-28-30-32-34-36-38-40-43-46-49-52-55(54(9-4,10-5)51-48-45-42-19-16-13-8-3)53-50-47-44-41-39-37-35-33-31-29-27-25-23-21-18-15-12-7-2;/h6-53H2,1-5H3;1H. The minimum atomic E-state index is 0. The summed E-state index contributed by atoms with van der Waals surface area (Å²) in [5, 5.41) is 0. The Labute approximate surface area is 364 Å². The molecule has 0 saturated heterocycles. The molecule has 0 spiro atoms. The van der Waals surface area contributed by atoms with Crippen molar-refractivity contribution in [2.45, 2.75) is 336 Å². The lowest BCUT2D eigenvalue weighted by atomic mass is 9.84. The van der Waals surface area contributed by atoms with Gasteiger partial charge in [0.1, 0.15) is 0 Å². The minimum Gasteiger partial charge on any atom is -1.00 e. The summed E-state index contributed by atoms with van der Waals surface area (Å²) in [7, 11) is 0. The number of rotatable bonds is 49. The fourth-order valence-corrected chi connectivity index (χ4v) is 9.84. The first-order valence-corrected chi connectivity index (χ1v) is 27.1. The minimum absolute atomic E-state index is 0. The normalized spacial score (nSPS) is 11.9. The average molecular weight is 811 g/mol. The second kappa shape index (κ2) is 49.6. The van der Waals surface area contributed by atoms with Gasteiger partial charge >= 0.3 is 0 Å². The van der Waals surface area contributed by atoms with Gasteiger partial charge in [0.15, 0.2) is 0 Å². The van der Waals surface area contributed by atoms with E-state index in [2.05, 4.69) is 34.6 Å². The van der Waals surface area contributed by atoms with Crippen molar-refractivity contribution >= 4 is 0 Å². The van der Waals surface area contributed by atoms with E-state index < -0.39 is 0 Å². The number of unbranched alkanes of at least 4 members (excludes halogenated alkanes) is 40. The lowest BCUT2D eigenvalue weighted by molar-refractivity contribution is -0.955. The highest BCUT2D eigenvalue weighted by molar-refractivity contribution is 4.76. The summed E-state index contributed by atoms with van der Waals surface area (Å²) >= 11 is 0. The Bertz CT molecular complexity index is 633. The van der Waals surface area contributed by atoms with Gasteiger partial charge < -0.3 is 17.3 Å². The van der Waals surface area contributed by atoms with Crippen LogP contribution in [0.15, 0.2) is 0 Å². The molecule has 0 saturated carbocycles. The van der Waals surface area contributed by atoms with Crippen LogP contribution in [0.1, 0.15) is 330 Å². The van der Waals surface area contributed by atoms with Crippen molar-refractivity contribution in [2.75, 3.05) is 13.1 Å². The predicted molar refractivity (Wildman–Crippen MR) is 254 cm³/mol. The van der Waals surface area contributed by atoms with Crippen LogP contribution in [0, 0.1) is 0 Å². The van der Waals surface area contributed by atoms with E-state index in [1.807, 2.05) is 4.90 Å². The van der Waals surface area contributed by atoms with E-state index in [0.29, 0.717) is 5.54 Å². The molecule has 1 nitrogen and oxygen atoms in total. The topological polar surface area (TPSA) is 4.44 Å². The third kappa shape index (κ3) is 39.7. The molecule has 0 fully saturated rings. The van der Waals surface area contributed by atoms with Crippen LogP contribution < -0.4 is 17.3 Å². The molecule has 0 unspecified atom stereocenters. The number of hydrogen-bond acceptors (Lipinski definition) is 0. The van der Waals surface area contributed by atoms with E-state index in [0.717, 1.165) is 0 Å². The molecule has 0 atom stereocenters. The Morgan fingerprint density at radius 1 is 0.232 bits per heavy atom. The van der Waals surface area contributed by atoms with Gasteiger partial charge in [0, 0.05) is 6.42 Å². The monoisotopic (exact) mass is 810 g/mol. The van der Waals surface area contributed by atoms with Crippen LogP contribution in [-0.2, 0) is 0 Å². The van der Waals surface area contributed by atoms with Gasteiger partial charge in [-0.25, -0.2) is 0 Å². The van der Waals surface area contributed by atoms with Crippen molar-refractivity contribution in [1.82, 2.24) is 0 Å². The van der Waals surface area contributed by atoms with Crippen molar-refractivity contribution < 1.29 is 17.3 Å². The lowest BCUT2D eigenvalue weighted by Gasteiger charge is -2.41. The molecule has 0 aliphatic carbocycles. The molecule has 0 aliphatic heterocycles. The van der Waals surface area contributed by atoms with Crippen molar-refractivity contribution in [2.24, 2.45) is 0 Å². The number of nitrogens with one attached hydrogen (secondary N) is 1. The molecule has 0 rings (SSSR count). The van der Waals surface area contributed by atoms with Crippen LogP contribution in [-0.4, -0.2) is 18.6 Å². The Morgan fingerprint density at radius 2 is 0.411 bits per heavy atom. The number of halogens is 1. The van der Waals surface area contributed by atoms with Gasteiger partial charge in [-0.2, -0.15) is 0 Å². The second-order valence-corrected chi connectivity index (χ2v) is 19.0. The third-order valence-electron chi connectivity index (χ3n) is 14.0. The van der Waals surface area contributed by atoms with Crippen molar-refractivity contribution in [3.63, 3.8) is 0 Å². The van der Waals surface area contributed by atoms with E-state index in [1.54, 1.807) is 0 Å². The van der Waals surface area contributed by atoms with Crippen LogP contribution in [0.3, 0.4) is 0 Å². The third-order valence-corrected chi connectivity index (χ3v) is 14.0. The lowest BCUT2D eigenvalue weighted by Crippen LogP contribution is -3.20. The van der Waals surface area contributed by atoms with Gasteiger partial charge in [0.25, 0.3) is 0 Å². The summed E-state index contributed by atoms with van der Waals surface area (Å²) in [6.07, 6.45) is 67.4. The molecular weight excluding hydrogens is 698 g/mol. The molecule has 0 radical (unpaired) electrons. The zero-order valence-electron chi connectivity index (χ0n) is 40.3. The van der Waals surface area contributed by atoms with E-state index in [9.17, 15) is 0 Å². The zero-order valence-corrected chi connectivity index (χ0v) is 41.1. The fourth-order valence-electron chi connectivity index (χ4n) is 9.84. The van der Waals surface area contributed by atoms with Gasteiger partial charge in [0.05, 0.1) is 18.6 Å². The van der Waals surface area contributed by atoms with E-state index >= 15 is 0 Å². The van der Waals surface area contributed by atoms with Crippen molar-refractivity contribution in [3.8, 4) is 0 Å². The van der Waals surface area contributed by atoms with Gasteiger partial charge in [-0.15, -0.1) is 0 Å². The van der Waals surface area contributed by atoms with Crippen LogP contribution in [0.4, 0.5) is 0 Å². The van der Waals surface area contributed by atoms with Crippen LogP contribution >= 0.6 is 0 Å². The van der Waals surface area contributed by atoms with Gasteiger partial charge in [-0.1, -0.05) is 279 Å². The highest BCUT2D eigenvalue weighted by Gasteiger charge is 2.36. The maximum Gasteiger partial charge on any atom is 0.0971 e. The summed E-state index contributed by atoms with van der Waals surface area (Å²) in [6.45, 7) is 14.9. The SMILES string of the molecule is CCCCCCCCCCCCCCCCCCCC[NH+](CCCCCCCCCCCCCCCCCCCC)C(CC)(CC)CCCCCCCCC.[Cl-]. The van der Waals surface area contributed by atoms with Crippen LogP contribution in [0.25, 0.3) is 0 Å². The first kappa shape index (κ1) is 58.3.